The number of fused-ring (bicyclic) bond motifs is 2. The van der Waals surface area contributed by atoms with Gasteiger partial charge in [0.15, 0.2) is 0 Å². The fraction of sp³-hybridized carbons (Fsp3) is 0.900. The predicted molar refractivity (Wildman–Crippen MR) is 51.2 cm³/mol. The van der Waals surface area contributed by atoms with E-state index >= 15 is 0 Å². The van der Waals surface area contributed by atoms with Gasteiger partial charge < -0.3 is 15.2 Å². The van der Waals surface area contributed by atoms with E-state index in [-0.39, 0.29) is 12.5 Å². The van der Waals surface area contributed by atoms with E-state index in [2.05, 4.69) is 5.32 Å². The summed E-state index contributed by atoms with van der Waals surface area (Å²) in [6.45, 7) is 1.92. The van der Waals surface area contributed by atoms with Crippen LogP contribution in [0, 0.1) is 0 Å². The lowest BCUT2D eigenvalue weighted by atomic mass is 9.95. The molecule has 2 saturated heterocycles. The van der Waals surface area contributed by atoms with Gasteiger partial charge in [0.1, 0.15) is 0 Å². The zero-order chi connectivity index (χ0) is 10.1. The number of carbonyl (C=O) groups is 1. The average molecular weight is 199 g/mol. The van der Waals surface area contributed by atoms with E-state index < -0.39 is 5.97 Å². The van der Waals surface area contributed by atoms with Crippen LogP contribution in [0.15, 0.2) is 0 Å². The highest BCUT2D eigenvalue weighted by molar-refractivity contribution is 5.67. The Bertz CT molecular complexity index is 231. The minimum atomic E-state index is -0.742. The molecule has 14 heavy (non-hydrogen) atoms. The topological polar surface area (TPSA) is 58.6 Å². The molecule has 2 bridgehead atoms. The van der Waals surface area contributed by atoms with Gasteiger partial charge in [-0.15, -0.1) is 0 Å². The normalized spacial score (nSPS) is 37.4. The zero-order valence-electron chi connectivity index (χ0n) is 8.40. The van der Waals surface area contributed by atoms with Crippen LogP contribution < -0.4 is 5.32 Å². The Hall–Kier alpha value is -0.610. The van der Waals surface area contributed by atoms with Crippen molar-refractivity contribution in [1.82, 2.24) is 5.32 Å². The highest BCUT2D eigenvalue weighted by Crippen LogP contribution is 2.34. The molecule has 4 nitrogen and oxygen atoms in total. The van der Waals surface area contributed by atoms with Gasteiger partial charge >= 0.3 is 5.97 Å². The van der Waals surface area contributed by atoms with Crippen molar-refractivity contribution in [3.63, 3.8) is 0 Å². The van der Waals surface area contributed by atoms with Crippen molar-refractivity contribution in [2.45, 2.75) is 56.9 Å². The SMILES string of the molecule is CC(CC(=O)O)NC1CC2CCC1O2. The van der Waals surface area contributed by atoms with Gasteiger partial charge in [0.2, 0.25) is 0 Å². The molecule has 4 unspecified atom stereocenters. The summed E-state index contributed by atoms with van der Waals surface area (Å²) in [6, 6.07) is 0.420. The molecule has 2 aliphatic heterocycles. The molecule has 2 heterocycles. The number of rotatable bonds is 4. The molecule has 0 aromatic rings. The zero-order valence-corrected chi connectivity index (χ0v) is 8.40. The first-order chi connectivity index (χ1) is 6.65. The van der Waals surface area contributed by atoms with Gasteiger partial charge in [-0.2, -0.15) is 0 Å². The number of ether oxygens (including phenoxy) is 1. The first-order valence-electron chi connectivity index (χ1n) is 5.28. The van der Waals surface area contributed by atoms with Crippen LogP contribution >= 0.6 is 0 Å². The lowest BCUT2D eigenvalue weighted by Crippen LogP contribution is -2.43. The number of hydrogen-bond acceptors (Lipinski definition) is 3. The molecule has 2 aliphatic rings. The fourth-order valence-corrected chi connectivity index (χ4v) is 2.50. The Morgan fingerprint density at radius 1 is 1.64 bits per heavy atom. The Labute approximate surface area is 83.6 Å². The van der Waals surface area contributed by atoms with E-state index in [0.29, 0.717) is 18.2 Å². The third-order valence-electron chi connectivity index (χ3n) is 3.09. The molecule has 0 aromatic heterocycles. The molecule has 2 N–H and O–H groups in total. The molecule has 0 amide bonds. The molecular weight excluding hydrogens is 182 g/mol. The summed E-state index contributed by atoms with van der Waals surface area (Å²) in [4.78, 5) is 10.5. The number of carboxylic acid groups (broad SMARTS) is 1. The van der Waals surface area contributed by atoms with Gasteiger partial charge in [-0.25, -0.2) is 0 Å². The second-order valence-corrected chi connectivity index (χ2v) is 4.38. The average Bonchev–Trinajstić information content (AvgIpc) is 2.62. The second-order valence-electron chi connectivity index (χ2n) is 4.38. The van der Waals surface area contributed by atoms with Crippen LogP contribution in [0.25, 0.3) is 0 Å². The summed E-state index contributed by atoms with van der Waals surface area (Å²) >= 11 is 0. The molecule has 2 fully saturated rings. The first kappa shape index (κ1) is 9.93. The smallest absolute Gasteiger partial charge is 0.304 e. The molecule has 4 heteroatoms. The van der Waals surface area contributed by atoms with E-state index in [9.17, 15) is 4.79 Å². The molecule has 0 spiro atoms. The Kier molecular flexibility index (Phi) is 2.74. The predicted octanol–water partition coefficient (Wildman–Crippen LogP) is 0.759. The Morgan fingerprint density at radius 3 is 2.93 bits per heavy atom. The van der Waals surface area contributed by atoms with E-state index in [1.165, 1.54) is 6.42 Å². The number of nitrogens with one attached hydrogen (secondary N) is 1. The number of carboxylic acids is 1. The van der Waals surface area contributed by atoms with Crippen LogP contribution in [0.5, 0.6) is 0 Å². The van der Waals surface area contributed by atoms with Crippen molar-refractivity contribution in [3.8, 4) is 0 Å². The lowest BCUT2D eigenvalue weighted by Gasteiger charge is -2.23. The summed E-state index contributed by atoms with van der Waals surface area (Å²) in [6.07, 6.45) is 4.30. The summed E-state index contributed by atoms with van der Waals surface area (Å²) in [5.74, 6) is -0.742. The van der Waals surface area contributed by atoms with Gasteiger partial charge in [0, 0.05) is 12.1 Å². The lowest BCUT2D eigenvalue weighted by molar-refractivity contribution is -0.137. The molecule has 0 radical (unpaired) electrons. The quantitative estimate of drug-likeness (QED) is 0.701. The monoisotopic (exact) mass is 199 g/mol. The van der Waals surface area contributed by atoms with Gasteiger partial charge in [-0.1, -0.05) is 0 Å². The number of hydrogen-bond donors (Lipinski definition) is 2. The van der Waals surface area contributed by atoms with Crippen molar-refractivity contribution < 1.29 is 14.6 Å². The Balaban J connectivity index is 1.78. The van der Waals surface area contributed by atoms with Gasteiger partial charge in [0.05, 0.1) is 18.6 Å². The van der Waals surface area contributed by atoms with Crippen LogP contribution in [0.2, 0.25) is 0 Å². The largest absolute Gasteiger partial charge is 0.481 e. The van der Waals surface area contributed by atoms with Crippen molar-refractivity contribution >= 4 is 5.97 Å². The van der Waals surface area contributed by atoms with Gasteiger partial charge in [-0.3, -0.25) is 4.79 Å². The summed E-state index contributed by atoms with van der Waals surface area (Å²) in [5.41, 5.74) is 0. The maximum atomic E-state index is 10.5. The van der Waals surface area contributed by atoms with Crippen LogP contribution in [-0.4, -0.2) is 35.4 Å². The standard InChI is InChI=1S/C10H17NO3/c1-6(4-10(12)13)11-8-5-7-2-3-9(8)14-7/h6-9,11H,2-5H2,1H3,(H,12,13). The van der Waals surface area contributed by atoms with E-state index in [4.69, 9.17) is 9.84 Å². The van der Waals surface area contributed by atoms with Gasteiger partial charge in [0.25, 0.3) is 0 Å². The maximum absolute atomic E-state index is 10.5. The third kappa shape index (κ3) is 2.07. The number of aliphatic carboxylic acids is 1. The summed E-state index contributed by atoms with van der Waals surface area (Å²) < 4.78 is 5.68. The molecular formula is C10H17NO3. The highest BCUT2D eigenvalue weighted by atomic mass is 16.5. The van der Waals surface area contributed by atoms with E-state index in [1.54, 1.807) is 0 Å². The molecule has 0 aliphatic carbocycles. The highest BCUT2D eigenvalue weighted by Gasteiger charge is 2.40. The van der Waals surface area contributed by atoms with Crippen molar-refractivity contribution in [3.05, 3.63) is 0 Å². The minimum Gasteiger partial charge on any atom is -0.481 e. The van der Waals surface area contributed by atoms with Crippen molar-refractivity contribution in [1.29, 1.82) is 0 Å². The summed E-state index contributed by atoms with van der Waals surface area (Å²) in [7, 11) is 0. The molecule has 0 aromatic carbocycles. The minimum absolute atomic E-state index is 0.0421. The second kappa shape index (κ2) is 3.87. The van der Waals surface area contributed by atoms with Crippen molar-refractivity contribution in [2.75, 3.05) is 0 Å². The molecule has 80 valence electrons. The summed E-state index contributed by atoms with van der Waals surface area (Å²) in [5, 5.41) is 12.0. The van der Waals surface area contributed by atoms with Crippen molar-refractivity contribution in [2.24, 2.45) is 0 Å². The third-order valence-corrected chi connectivity index (χ3v) is 3.09. The molecule has 4 atom stereocenters. The van der Waals surface area contributed by atoms with Crippen LogP contribution in [0.1, 0.15) is 32.6 Å². The maximum Gasteiger partial charge on any atom is 0.304 e. The fourth-order valence-electron chi connectivity index (χ4n) is 2.50. The van der Waals surface area contributed by atoms with Crippen LogP contribution in [-0.2, 0) is 9.53 Å². The van der Waals surface area contributed by atoms with Crippen LogP contribution in [0.4, 0.5) is 0 Å². The Morgan fingerprint density at radius 2 is 2.43 bits per heavy atom. The van der Waals surface area contributed by atoms with E-state index in [0.717, 1.165) is 12.8 Å². The first-order valence-corrected chi connectivity index (χ1v) is 5.28. The molecule has 0 saturated carbocycles. The van der Waals surface area contributed by atoms with Crippen LogP contribution in [0.3, 0.4) is 0 Å². The van der Waals surface area contributed by atoms with Gasteiger partial charge in [-0.05, 0) is 26.2 Å². The molecule has 2 rings (SSSR count). The van der Waals surface area contributed by atoms with E-state index in [1.807, 2.05) is 6.92 Å².